The van der Waals surface area contributed by atoms with Crippen molar-refractivity contribution in [3.05, 3.63) is 44.8 Å². The van der Waals surface area contributed by atoms with E-state index in [-0.39, 0.29) is 195 Å². The minimum Gasteiger partial charge on any atom is -0.465 e. The molecular formula is C74H141BrClN20O29P5. The van der Waals surface area contributed by atoms with Crippen molar-refractivity contribution in [2.75, 3.05) is 244 Å². The lowest BCUT2D eigenvalue weighted by Gasteiger charge is -2.24. The van der Waals surface area contributed by atoms with Crippen molar-refractivity contribution in [2.45, 2.75) is 131 Å². The van der Waals surface area contributed by atoms with Crippen molar-refractivity contribution in [1.29, 1.82) is 0 Å². The van der Waals surface area contributed by atoms with E-state index >= 15 is 0 Å². The Labute approximate surface area is 772 Å². The molecule has 49 nitrogen and oxygen atoms in total. The minimum absolute atomic E-state index is 0. The number of hydrogen-bond acceptors (Lipinski definition) is 42. The Hall–Kier alpha value is -6.76. The molecule has 6 heterocycles. The zero-order chi connectivity index (χ0) is 97.6. The highest BCUT2D eigenvalue weighted by Crippen LogP contribution is 2.50. The first kappa shape index (κ1) is 125. The molecule has 56 heteroatoms. The van der Waals surface area contributed by atoms with Crippen LogP contribution < -0.4 is 33.6 Å². The Bertz CT molecular complexity index is 4510. The molecule has 0 saturated heterocycles. The number of hydrogen-bond donors (Lipinski definition) is 10. The summed E-state index contributed by atoms with van der Waals surface area (Å²) in [6.45, 7) is 35.1. The predicted molar refractivity (Wildman–Crippen MR) is 498 cm³/mol. The second kappa shape index (κ2) is 70.9. The number of nitrogens with one attached hydrogen (secondary N) is 3. The highest BCUT2D eigenvalue weighted by atomic mass is 79.9. The Balaban J connectivity index is 0. The number of rotatable bonds is 58. The van der Waals surface area contributed by atoms with Crippen molar-refractivity contribution in [3.63, 3.8) is 0 Å². The number of fused-ring (bicyclic) bond motifs is 3. The summed E-state index contributed by atoms with van der Waals surface area (Å²) >= 11 is 9.01. The predicted octanol–water partition coefficient (Wildman–Crippen LogP) is 6.32. The van der Waals surface area contributed by atoms with Gasteiger partial charge in [0.1, 0.15) is 10.8 Å². The fraction of sp³-hybridized carbons (Fsp3) is 0.730. The number of aliphatic hydroxyl groups excluding tert-OH is 2. The molecule has 6 rings (SSSR count). The first-order valence-corrected chi connectivity index (χ1v) is 52.3. The molecule has 0 bridgehead atoms. The molecule has 0 aliphatic heterocycles. The first-order valence-electron chi connectivity index (χ1n) is 42.1. The van der Waals surface area contributed by atoms with Crippen LogP contribution in [-0.2, 0) is 126 Å². The van der Waals surface area contributed by atoms with Gasteiger partial charge in [-0.15, -0.1) is 0 Å². The summed E-state index contributed by atoms with van der Waals surface area (Å²) in [7, 11) is -16.7. The summed E-state index contributed by atoms with van der Waals surface area (Å²) in [5.41, 5.74) is 17.8. The summed E-state index contributed by atoms with van der Waals surface area (Å²) in [6, 6.07) is 0. The normalized spacial score (nSPS) is 11.5. The van der Waals surface area contributed by atoms with Crippen molar-refractivity contribution in [1.82, 2.24) is 83.5 Å². The van der Waals surface area contributed by atoms with Gasteiger partial charge in [0.05, 0.1) is 175 Å². The highest BCUT2D eigenvalue weighted by Gasteiger charge is 2.30. The van der Waals surface area contributed by atoms with Crippen LogP contribution in [-0.4, -0.2) is 355 Å². The zero-order valence-corrected chi connectivity index (χ0v) is 83.4. The van der Waals surface area contributed by atoms with Gasteiger partial charge >= 0.3 is 67.8 Å². The second-order valence-electron chi connectivity index (χ2n) is 25.6. The van der Waals surface area contributed by atoms with Gasteiger partial charge < -0.3 is 116 Å². The van der Waals surface area contributed by atoms with Gasteiger partial charge in [0.2, 0.25) is 17.8 Å². The van der Waals surface area contributed by atoms with E-state index in [4.69, 9.17) is 104 Å². The molecule has 6 aromatic heterocycles. The monoisotopic (exact) mass is 2040 g/mol. The molecule has 0 radical (unpaired) electrons. The number of aromatic nitrogens is 12. The van der Waals surface area contributed by atoms with Gasteiger partial charge in [-0.3, -0.25) is 86.0 Å². The maximum Gasteiger partial charge on any atom is 0.331 e. The van der Waals surface area contributed by atoms with Gasteiger partial charge in [-0.25, -0.2) is 15.0 Å². The van der Waals surface area contributed by atoms with E-state index in [1.807, 2.05) is 18.7 Å². The van der Waals surface area contributed by atoms with E-state index in [1.54, 1.807) is 125 Å². The van der Waals surface area contributed by atoms with Crippen LogP contribution in [0.1, 0.15) is 111 Å². The number of aliphatic hydroxyl groups is 2. The maximum atomic E-state index is 12.8. The van der Waals surface area contributed by atoms with Gasteiger partial charge in [-0.1, -0.05) is 48.8 Å². The van der Waals surface area contributed by atoms with Crippen LogP contribution in [0, 0.1) is 0 Å². The molecule has 0 saturated carbocycles. The number of alkyl halides is 1. The summed E-state index contributed by atoms with van der Waals surface area (Å²) < 4.78 is 132. The largest absolute Gasteiger partial charge is 0.465 e. The fourth-order valence-corrected chi connectivity index (χ4v) is 18.2. The summed E-state index contributed by atoms with van der Waals surface area (Å²) in [6.07, 6.45) is 4.89. The molecule has 6 aromatic rings. The number of esters is 5. The standard InChI is InChI=1S/C17H28ClN6O5P.C17H29N6O6P.C13H21N6O6P.C12H26NO6P.C8H20NO4P.C4H7BrO2.C2H6.CH4/c1-4-27-13(25)11-23(9-10-30(26,28-5-2)29-6-3)7-8-24-12-20-14-15(18)21-17(19)22-16(14)24;1-4-27-13(24)11-22(9-10-30(26,28-5-2)29-6-3)7-8-23-12-19-14-15(23)20-17(18)21-16(14)25;1-2-25-9(20)7-18(5-6-26(22,23)24)3-4-19-8-15-10-11(19)16-13(14)17-12(10)21;1-4-17-12(15)11-13(7-9-14)8-10-20(16,18-5-2)19-6-3;1-3-12-14(11,13-4-2)8-6-9-5-7-10;1-2-7-4(6)3-5;1-2;/h12H,4-11H2,1-3H3,(H2,19,21,22);12H,4-11H2,1-3H3,(H3,18,20,21,25);8H,2-7H2,1H3,(H2,22,23,24)(H3,14,16,17,21);14H,4-11H2,1-3H3;9-10H,3-8H2,1-2H3;2-3H2,1H3;1-2H3;1H4. The molecule has 0 atom stereocenters. The van der Waals surface area contributed by atoms with Crippen LogP contribution in [0.2, 0.25) is 5.15 Å². The average molecular weight is 2050 g/mol. The molecule has 0 fully saturated rings. The molecular weight excluding hydrogens is 1900 g/mol. The third kappa shape index (κ3) is 52.8. The molecule has 130 heavy (non-hydrogen) atoms. The Morgan fingerprint density at radius 3 is 0.977 bits per heavy atom. The van der Waals surface area contributed by atoms with Gasteiger partial charge in [-0.05, 0) is 90.0 Å². The third-order valence-corrected chi connectivity index (χ3v) is 25.8. The summed E-state index contributed by atoms with van der Waals surface area (Å²) in [5.74, 6) is -1.84. The lowest BCUT2D eigenvalue weighted by molar-refractivity contribution is -0.145. The lowest BCUT2D eigenvalue weighted by Crippen LogP contribution is -2.36. The van der Waals surface area contributed by atoms with Gasteiger partial charge in [-0.2, -0.15) is 19.9 Å². The molecule has 0 amide bonds. The number of imidazole rings is 3. The van der Waals surface area contributed by atoms with Crippen LogP contribution >= 0.6 is 65.5 Å². The van der Waals surface area contributed by atoms with Gasteiger partial charge in [0.25, 0.3) is 11.1 Å². The number of nitrogen functional groups attached to an aromatic ring is 3. The first-order chi connectivity index (χ1) is 61.3. The van der Waals surface area contributed by atoms with Crippen molar-refractivity contribution >= 4 is 147 Å². The van der Waals surface area contributed by atoms with Crippen LogP contribution in [0.5, 0.6) is 0 Å². The van der Waals surface area contributed by atoms with Crippen LogP contribution in [0.15, 0.2) is 28.6 Å². The smallest absolute Gasteiger partial charge is 0.331 e. The Kier molecular flexibility index (Phi) is 68.3. The Morgan fingerprint density at radius 1 is 0.415 bits per heavy atom. The van der Waals surface area contributed by atoms with Gasteiger partial charge in [0, 0.05) is 85.1 Å². The Morgan fingerprint density at radius 2 is 0.700 bits per heavy atom. The number of aromatic amines is 2. The van der Waals surface area contributed by atoms with E-state index < -0.39 is 61.0 Å². The number of carbonyl (C=O) groups excluding carboxylic acids is 5. The highest BCUT2D eigenvalue weighted by molar-refractivity contribution is 9.09. The number of anilines is 3. The molecule has 750 valence electrons. The van der Waals surface area contributed by atoms with E-state index in [1.165, 1.54) is 12.7 Å². The average Bonchev–Trinajstić information content (AvgIpc) is 1.67. The fourth-order valence-electron chi connectivity index (χ4n) is 10.8. The molecule has 0 aromatic carbocycles. The van der Waals surface area contributed by atoms with E-state index in [2.05, 4.69) is 70.8 Å². The quantitative estimate of drug-likeness (QED) is 0.00498. The molecule has 0 spiro atoms. The number of H-pyrrole nitrogens is 2. The van der Waals surface area contributed by atoms with Crippen molar-refractivity contribution in [3.8, 4) is 0 Å². The number of nitrogens with zero attached hydrogens (tertiary/aromatic N) is 14. The molecule has 0 aliphatic rings. The van der Waals surface area contributed by atoms with E-state index in [9.17, 15) is 56.4 Å². The second-order valence-corrected chi connectivity index (χ2v) is 37.1. The summed E-state index contributed by atoms with van der Waals surface area (Å²) in [5, 5.41) is 20.9. The topological polar surface area (TPSA) is 645 Å². The maximum absolute atomic E-state index is 12.8. The summed E-state index contributed by atoms with van der Waals surface area (Å²) in [4.78, 5) is 139. The number of ether oxygens (including phenoxy) is 5. The number of nitrogens with two attached hydrogens (primary N) is 3. The van der Waals surface area contributed by atoms with Gasteiger partial charge in [0.15, 0.2) is 33.1 Å². The van der Waals surface area contributed by atoms with Crippen molar-refractivity contribution in [2.24, 2.45) is 0 Å². The third-order valence-electron chi connectivity index (χ3n) is 16.1. The minimum atomic E-state index is -4.20. The molecule has 13 N–H and O–H groups in total. The van der Waals surface area contributed by atoms with E-state index in [0.29, 0.717) is 133 Å². The zero-order valence-electron chi connectivity index (χ0n) is 76.6. The molecule has 0 unspecified atom stereocenters. The lowest BCUT2D eigenvalue weighted by atomic mass is 10.4. The SMILES string of the molecule is C.CC.CCOC(=O)CBr.CCOC(=O)CN(CCO)CCP(=O)(OCC)OCC.CCOC(=O)CN(CCn1cnc2c(=O)[nH]c(N)nc21)CCP(=O)(O)O.CCOC(=O)CN(CCn1cnc2c(=O)[nH]c(N)nc21)CCP(=O)(OCC)OCC.CCOC(=O)CN(CCn1cnc2c(Cl)nc(N)nc21)CCP(=O)(OCC)OCC.CCOP(=O)(CCNCCO)OCC. The van der Waals surface area contributed by atoms with Crippen LogP contribution in [0.4, 0.5) is 17.8 Å². The van der Waals surface area contributed by atoms with E-state index in [0.717, 1.165) is 0 Å². The van der Waals surface area contributed by atoms with Crippen molar-refractivity contribution < 1.29 is 127 Å². The number of halogens is 2. The number of carbonyl (C=O) groups is 5. The van der Waals surface area contributed by atoms with Crippen LogP contribution in [0.25, 0.3) is 33.5 Å². The van der Waals surface area contributed by atoms with Crippen LogP contribution in [0.3, 0.4) is 0 Å². The molecule has 0 aliphatic carbocycles.